The minimum atomic E-state index is -0.756. The van der Waals surface area contributed by atoms with E-state index in [0.717, 1.165) is 30.4 Å². The highest BCUT2D eigenvalue weighted by atomic mass is 16.5. The van der Waals surface area contributed by atoms with Gasteiger partial charge >= 0.3 is 11.7 Å². The van der Waals surface area contributed by atoms with Crippen LogP contribution in [-0.4, -0.2) is 34.3 Å². The Morgan fingerprint density at radius 3 is 2.56 bits per heavy atom. The Balaban J connectivity index is 1.48. The molecule has 1 N–H and O–H groups in total. The second kappa shape index (κ2) is 9.16. The monoisotopic (exact) mass is 373 g/mol. The van der Waals surface area contributed by atoms with Gasteiger partial charge in [0.2, 0.25) is 5.89 Å². The molecule has 1 amide bonds. The first-order chi connectivity index (χ1) is 13.1. The van der Waals surface area contributed by atoms with Gasteiger partial charge in [0.15, 0.2) is 6.61 Å². The third-order valence-electron chi connectivity index (χ3n) is 4.49. The third kappa shape index (κ3) is 5.54. The maximum Gasteiger partial charge on any atom is 0.437 e. The number of hydrogen-bond acceptors (Lipinski definition) is 6. The molecule has 1 aromatic heterocycles. The molecule has 0 atom stereocenters. The van der Waals surface area contributed by atoms with E-state index in [0.29, 0.717) is 5.56 Å². The molecule has 27 heavy (non-hydrogen) atoms. The van der Waals surface area contributed by atoms with E-state index in [-0.39, 0.29) is 24.4 Å². The standard InChI is InChI=1S/C19H23N3O5/c23-16(20-15-10-6-1-2-7-11-15)13-26-17(24)12-22-19(25)27-18(21-22)14-8-4-3-5-9-14/h3-5,8-9,15H,1-2,6-7,10-13H2,(H,20,23). The van der Waals surface area contributed by atoms with Crippen molar-refractivity contribution in [3.8, 4) is 11.5 Å². The Morgan fingerprint density at radius 1 is 1.15 bits per heavy atom. The maximum absolute atomic E-state index is 11.9. The largest absolute Gasteiger partial charge is 0.454 e. The van der Waals surface area contributed by atoms with Crippen LogP contribution in [0.3, 0.4) is 0 Å². The quantitative estimate of drug-likeness (QED) is 0.613. The first-order valence-corrected chi connectivity index (χ1v) is 9.20. The summed E-state index contributed by atoms with van der Waals surface area (Å²) in [7, 11) is 0. The second-order valence-corrected chi connectivity index (χ2v) is 6.61. The maximum atomic E-state index is 11.9. The number of hydrogen-bond donors (Lipinski definition) is 1. The fourth-order valence-corrected chi connectivity index (χ4v) is 3.11. The van der Waals surface area contributed by atoms with E-state index in [4.69, 9.17) is 9.15 Å². The first kappa shape index (κ1) is 18.9. The zero-order chi connectivity index (χ0) is 19.1. The van der Waals surface area contributed by atoms with E-state index in [2.05, 4.69) is 10.4 Å². The summed E-state index contributed by atoms with van der Waals surface area (Å²) in [6, 6.07) is 9.03. The zero-order valence-electron chi connectivity index (χ0n) is 15.1. The van der Waals surface area contributed by atoms with E-state index in [1.165, 1.54) is 12.8 Å². The van der Waals surface area contributed by atoms with Crippen molar-refractivity contribution >= 4 is 11.9 Å². The molecule has 0 saturated heterocycles. The summed E-state index contributed by atoms with van der Waals surface area (Å²) in [6.07, 6.45) is 6.50. The predicted octanol–water partition coefficient (Wildman–Crippen LogP) is 1.89. The molecule has 0 aliphatic heterocycles. The molecule has 1 aromatic carbocycles. The van der Waals surface area contributed by atoms with Crippen LogP contribution in [0.25, 0.3) is 11.5 Å². The van der Waals surface area contributed by atoms with Gasteiger partial charge in [-0.2, -0.15) is 4.68 Å². The Morgan fingerprint density at radius 2 is 1.85 bits per heavy atom. The van der Waals surface area contributed by atoms with Crippen molar-refractivity contribution in [3.05, 3.63) is 40.9 Å². The lowest BCUT2D eigenvalue weighted by Crippen LogP contribution is -2.37. The van der Waals surface area contributed by atoms with Gasteiger partial charge in [0, 0.05) is 11.6 Å². The SMILES string of the molecule is O=C(COC(=O)Cn1nc(-c2ccccc2)oc1=O)NC1CCCCCC1. The minimum Gasteiger partial charge on any atom is -0.454 e. The van der Waals surface area contributed by atoms with E-state index in [1.54, 1.807) is 24.3 Å². The molecule has 1 heterocycles. The van der Waals surface area contributed by atoms with Crippen molar-refractivity contribution in [1.29, 1.82) is 0 Å². The molecule has 0 unspecified atom stereocenters. The molecule has 0 radical (unpaired) electrons. The van der Waals surface area contributed by atoms with Gasteiger partial charge in [-0.1, -0.05) is 43.9 Å². The molecule has 1 aliphatic carbocycles. The van der Waals surface area contributed by atoms with Crippen LogP contribution < -0.4 is 11.1 Å². The molecule has 8 nitrogen and oxygen atoms in total. The van der Waals surface area contributed by atoms with Gasteiger partial charge < -0.3 is 14.5 Å². The molecule has 1 aliphatic rings. The Bertz CT molecular complexity index is 819. The summed E-state index contributed by atoms with van der Waals surface area (Å²) in [6.45, 7) is -0.778. The molecule has 1 fully saturated rings. The van der Waals surface area contributed by atoms with Gasteiger partial charge in [-0.3, -0.25) is 9.59 Å². The van der Waals surface area contributed by atoms with Gasteiger partial charge in [0.25, 0.3) is 5.91 Å². The second-order valence-electron chi connectivity index (χ2n) is 6.61. The normalized spacial score (nSPS) is 15.1. The number of carbonyl (C=O) groups is 2. The van der Waals surface area contributed by atoms with Gasteiger partial charge in [0.1, 0.15) is 6.54 Å². The molecular weight excluding hydrogens is 350 g/mol. The number of carbonyl (C=O) groups excluding carboxylic acids is 2. The number of aromatic nitrogens is 2. The molecule has 144 valence electrons. The summed E-state index contributed by atoms with van der Waals surface area (Å²) in [4.78, 5) is 35.7. The first-order valence-electron chi connectivity index (χ1n) is 9.20. The van der Waals surface area contributed by atoms with E-state index >= 15 is 0 Å². The molecule has 8 heteroatoms. The number of benzene rings is 1. The number of ether oxygens (including phenoxy) is 1. The smallest absolute Gasteiger partial charge is 0.437 e. The number of rotatable bonds is 6. The fraction of sp³-hybridized carbons (Fsp3) is 0.474. The summed E-state index contributed by atoms with van der Waals surface area (Å²) < 4.78 is 10.9. The van der Waals surface area contributed by atoms with Crippen molar-refractivity contribution in [1.82, 2.24) is 15.1 Å². The molecule has 3 rings (SSSR count). The van der Waals surface area contributed by atoms with Crippen molar-refractivity contribution in [2.24, 2.45) is 0 Å². The number of nitrogens with zero attached hydrogens (tertiary/aromatic N) is 2. The molecule has 1 saturated carbocycles. The van der Waals surface area contributed by atoms with Crippen molar-refractivity contribution < 1.29 is 18.7 Å². The minimum absolute atomic E-state index is 0.125. The highest BCUT2D eigenvalue weighted by Crippen LogP contribution is 2.17. The number of esters is 1. The van der Waals surface area contributed by atoms with Crippen molar-refractivity contribution in [3.63, 3.8) is 0 Å². The fourth-order valence-electron chi connectivity index (χ4n) is 3.11. The Hall–Kier alpha value is -2.90. The van der Waals surface area contributed by atoms with Crippen LogP contribution in [0.15, 0.2) is 39.5 Å². The van der Waals surface area contributed by atoms with Gasteiger partial charge in [-0.25, -0.2) is 4.79 Å². The number of nitrogens with one attached hydrogen (secondary N) is 1. The highest BCUT2D eigenvalue weighted by Gasteiger charge is 2.17. The molecule has 0 bridgehead atoms. The predicted molar refractivity (Wildman–Crippen MR) is 96.8 cm³/mol. The molecular formula is C19H23N3O5. The van der Waals surface area contributed by atoms with Crippen LogP contribution >= 0.6 is 0 Å². The highest BCUT2D eigenvalue weighted by molar-refractivity contribution is 5.80. The van der Waals surface area contributed by atoms with Crippen molar-refractivity contribution in [2.75, 3.05) is 6.61 Å². The van der Waals surface area contributed by atoms with Crippen molar-refractivity contribution in [2.45, 2.75) is 51.1 Å². The van der Waals surface area contributed by atoms with E-state index in [1.807, 2.05) is 6.07 Å². The average Bonchev–Trinajstić information content (AvgIpc) is 2.86. The lowest BCUT2D eigenvalue weighted by Gasteiger charge is -2.16. The third-order valence-corrected chi connectivity index (χ3v) is 4.49. The van der Waals surface area contributed by atoms with Crippen LogP contribution in [0.4, 0.5) is 0 Å². The summed E-state index contributed by atoms with van der Waals surface area (Å²) in [5, 5.41) is 6.88. The van der Waals surface area contributed by atoms with Crippen LogP contribution in [-0.2, 0) is 20.9 Å². The van der Waals surface area contributed by atoms with Gasteiger partial charge in [-0.05, 0) is 25.0 Å². The van der Waals surface area contributed by atoms with Crippen LogP contribution in [0, 0.1) is 0 Å². The van der Waals surface area contributed by atoms with Gasteiger partial charge in [0.05, 0.1) is 0 Å². The lowest BCUT2D eigenvalue weighted by molar-refractivity contribution is -0.149. The zero-order valence-corrected chi connectivity index (χ0v) is 15.1. The molecule has 2 aromatic rings. The topological polar surface area (TPSA) is 103 Å². The lowest BCUT2D eigenvalue weighted by atomic mass is 10.1. The molecule has 0 spiro atoms. The van der Waals surface area contributed by atoms with Gasteiger partial charge in [-0.15, -0.1) is 5.10 Å². The Kier molecular flexibility index (Phi) is 6.40. The summed E-state index contributed by atoms with van der Waals surface area (Å²) >= 11 is 0. The summed E-state index contributed by atoms with van der Waals surface area (Å²) in [5.74, 6) is -1.68. The number of amides is 1. The van der Waals surface area contributed by atoms with Crippen LogP contribution in [0.2, 0.25) is 0 Å². The van der Waals surface area contributed by atoms with E-state index < -0.39 is 18.3 Å². The van der Waals surface area contributed by atoms with Crippen LogP contribution in [0.1, 0.15) is 38.5 Å². The average molecular weight is 373 g/mol. The summed E-state index contributed by atoms with van der Waals surface area (Å²) in [5.41, 5.74) is 0.629. The van der Waals surface area contributed by atoms with Crippen LogP contribution in [0.5, 0.6) is 0 Å². The Labute approximate surface area is 156 Å². The van der Waals surface area contributed by atoms with E-state index in [9.17, 15) is 14.4 Å².